The second-order valence-corrected chi connectivity index (χ2v) is 5.87. The molecule has 1 aliphatic carbocycles. The topological polar surface area (TPSA) is 50.7 Å². The van der Waals surface area contributed by atoms with Gasteiger partial charge in [-0.2, -0.15) is 18.3 Å². The van der Waals surface area contributed by atoms with E-state index in [1.165, 1.54) is 7.11 Å². The molecule has 1 fully saturated rings. The zero-order valence-corrected chi connectivity index (χ0v) is 13.5. The fourth-order valence-corrected chi connectivity index (χ4v) is 3.17. The number of carbonyl (C=O) groups is 1. The van der Waals surface area contributed by atoms with Crippen molar-refractivity contribution >= 4 is 12.1 Å². The van der Waals surface area contributed by atoms with Crippen molar-refractivity contribution in [2.75, 3.05) is 13.7 Å². The maximum atomic E-state index is 13.5. The Labute approximate surface area is 139 Å². The van der Waals surface area contributed by atoms with Crippen LogP contribution in [0.1, 0.15) is 54.7 Å². The molecule has 0 aliphatic heterocycles. The first-order valence-corrected chi connectivity index (χ1v) is 7.93. The Morgan fingerprint density at radius 1 is 1.33 bits per heavy atom. The van der Waals surface area contributed by atoms with E-state index in [0.717, 1.165) is 38.2 Å². The molecule has 7 heteroatoms. The summed E-state index contributed by atoms with van der Waals surface area (Å²) < 4.78 is 45.6. The Morgan fingerprint density at radius 3 is 2.62 bits per heavy atom. The van der Waals surface area contributed by atoms with E-state index < -0.39 is 11.7 Å². The Balaban J connectivity index is 2.43. The molecular formula is C17H21F3N2O2. The van der Waals surface area contributed by atoms with Crippen LogP contribution in [0.15, 0.2) is 23.3 Å². The summed E-state index contributed by atoms with van der Waals surface area (Å²) in [7, 11) is 1.41. The van der Waals surface area contributed by atoms with Crippen molar-refractivity contribution in [1.29, 1.82) is 0 Å². The number of nitrogens with zero attached hydrogens (tertiary/aromatic N) is 1. The molecule has 132 valence electrons. The molecule has 0 saturated heterocycles. The highest BCUT2D eigenvalue weighted by Gasteiger charge is 2.36. The summed E-state index contributed by atoms with van der Waals surface area (Å²) in [5, 5.41) is 3.77. The minimum Gasteiger partial charge on any atom is -0.378 e. The summed E-state index contributed by atoms with van der Waals surface area (Å²) in [4.78, 5) is 10.4. The van der Waals surface area contributed by atoms with Crippen molar-refractivity contribution in [1.82, 2.24) is 5.43 Å². The van der Waals surface area contributed by atoms with Gasteiger partial charge in [0.1, 0.15) is 0 Å². The molecule has 1 aromatic carbocycles. The van der Waals surface area contributed by atoms with Gasteiger partial charge in [0, 0.05) is 12.7 Å². The van der Waals surface area contributed by atoms with Crippen LogP contribution in [0.4, 0.5) is 13.2 Å². The number of halogens is 3. The van der Waals surface area contributed by atoms with E-state index >= 15 is 0 Å². The molecular weight excluding hydrogens is 321 g/mol. The van der Waals surface area contributed by atoms with Crippen LogP contribution in [0.3, 0.4) is 0 Å². The normalized spacial score (nSPS) is 16.9. The lowest BCUT2D eigenvalue weighted by atomic mass is 9.81. The number of ether oxygens (including phenoxy) is 1. The van der Waals surface area contributed by atoms with E-state index in [-0.39, 0.29) is 23.8 Å². The van der Waals surface area contributed by atoms with Crippen LogP contribution in [-0.4, -0.2) is 25.8 Å². The Morgan fingerprint density at radius 2 is 2.04 bits per heavy atom. The van der Waals surface area contributed by atoms with Crippen LogP contribution in [0.5, 0.6) is 0 Å². The zero-order valence-electron chi connectivity index (χ0n) is 13.5. The van der Waals surface area contributed by atoms with E-state index in [4.69, 9.17) is 4.74 Å². The minimum atomic E-state index is -4.43. The van der Waals surface area contributed by atoms with Crippen LogP contribution >= 0.6 is 0 Å². The number of methoxy groups -OCH3 is 1. The number of amides is 1. The van der Waals surface area contributed by atoms with Crippen LogP contribution in [-0.2, 0) is 15.7 Å². The SMILES string of the molecule is COC/C(=N\NC=O)c1ccc(C2CCCCC2)c(C(F)(F)F)c1. The van der Waals surface area contributed by atoms with Gasteiger partial charge in [-0.15, -0.1) is 0 Å². The summed E-state index contributed by atoms with van der Waals surface area (Å²) in [6.45, 7) is 0.000905. The number of hydrazone groups is 1. The summed E-state index contributed by atoms with van der Waals surface area (Å²) in [5.74, 6) is -0.0552. The number of rotatable bonds is 6. The molecule has 2 rings (SSSR count). The maximum absolute atomic E-state index is 13.5. The molecule has 0 bridgehead atoms. The Bertz CT molecular complexity index is 594. The minimum absolute atomic E-state index is 0.000905. The number of alkyl halides is 3. The number of hydrogen-bond donors (Lipinski definition) is 1. The van der Waals surface area contributed by atoms with Gasteiger partial charge >= 0.3 is 6.18 Å². The number of hydrogen-bond acceptors (Lipinski definition) is 3. The van der Waals surface area contributed by atoms with Gasteiger partial charge in [0.25, 0.3) is 0 Å². The predicted octanol–water partition coefficient (Wildman–Crippen LogP) is 3.85. The number of benzene rings is 1. The number of carbonyl (C=O) groups excluding carboxylic acids is 1. The summed E-state index contributed by atoms with van der Waals surface area (Å²) >= 11 is 0. The van der Waals surface area contributed by atoms with Crippen molar-refractivity contribution in [2.45, 2.75) is 44.2 Å². The smallest absolute Gasteiger partial charge is 0.378 e. The van der Waals surface area contributed by atoms with Crippen LogP contribution in [0.2, 0.25) is 0 Å². The van der Waals surface area contributed by atoms with Gasteiger partial charge in [0.2, 0.25) is 6.41 Å². The molecule has 1 aliphatic rings. The van der Waals surface area contributed by atoms with Crippen molar-refractivity contribution < 1.29 is 22.7 Å². The van der Waals surface area contributed by atoms with Crippen LogP contribution in [0.25, 0.3) is 0 Å². The molecule has 0 aromatic heterocycles. The van der Waals surface area contributed by atoms with Crippen LogP contribution < -0.4 is 5.43 Å². The molecule has 4 nitrogen and oxygen atoms in total. The van der Waals surface area contributed by atoms with Gasteiger partial charge in [-0.1, -0.05) is 31.4 Å². The molecule has 0 spiro atoms. The highest BCUT2D eigenvalue weighted by Crippen LogP contribution is 2.41. The van der Waals surface area contributed by atoms with Crippen molar-refractivity contribution in [3.05, 3.63) is 34.9 Å². The first kappa shape index (κ1) is 18.4. The van der Waals surface area contributed by atoms with E-state index in [0.29, 0.717) is 12.0 Å². The van der Waals surface area contributed by atoms with Gasteiger partial charge < -0.3 is 4.74 Å². The van der Waals surface area contributed by atoms with E-state index in [9.17, 15) is 18.0 Å². The van der Waals surface area contributed by atoms with Crippen LogP contribution in [0, 0.1) is 0 Å². The Kier molecular flexibility index (Phi) is 6.36. The summed E-state index contributed by atoms with van der Waals surface area (Å²) in [6, 6.07) is 4.26. The molecule has 1 saturated carbocycles. The third-order valence-corrected chi connectivity index (χ3v) is 4.27. The molecule has 1 amide bonds. The van der Waals surface area contributed by atoms with E-state index in [2.05, 4.69) is 10.5 Å². The van der Waals surface area contributed by atoms with Gasteiger partial charge in [0.15, 0.2) is 0 Å². The quantitative estimate of drug-likeness (QED) is 0.485. The third-order valence-electron chi connectivity index (χ3n) is 4.27. The first-order valence-electron chi connectivity index (χ1n) is 7.93. The van der Waals surface area contributed by atoms with Gasteiger partial charge in [-0.3, -0.25) is 4.79 Å². The molecule has 0 radical (unpaired) electrons. The molecule has 24 heavy (non-hydrogen) atoms. The highest BCUT2D eigenvalue weighted by molar-refractivity contribution is 6.02. The molecule has 0 atom stereocenters. The molecule has 1 aromatic rings. The standard InChI is InChI=1S/C17H21F3N2O2/c1-24-10-16(22-21-11-23)13-7-8-14(12-5-3-2-4-6-12)15(9-13)17(18,19)20/h7-9,11-12H,2-6,10H2,1H3,(H,21,23)/b22-16+. The lowest BCUT2D eigenvalue weighted by Gasteiger charge is -2.25. The molecule has 0 unspecified atom stereocenters. The third kappa shape index (κ3) is 4.56. The highest BCUT2D eigenvalue weighted by atomic mass is 19.4. The van der Waals surface area contributed by atoms with Gasteiger partial charge in [0.05, 0.1) is 17.9 Å². The first-order chi connectivity index (χ1) is 11.5. The predicted molar refractivity (Wildman–Crippen MR) is 84.9 cm³/mol. The summed E-state index contributed by atoms with van der Waals surface area (Å²) in [5.41, 5.74) is 2.37. The Hall–Kier alpha value is -1.89. The number of nitrogens with one attached hydrogen (secondary N) is 1. The van der Waals surface area contributed by atoms with Crippen molar-refractivity contribution in [3.63, 3.8) is 0 Å². The lowest BCUT2D eigenvalue weighted by Crippen LogP contribution is -2.18. The second-order valence-electron chi connectivity index (χ2n) is 5.87. The van der Waals surface area contributed by atoms with Gasteiger partial charge in [-0.05, 0) is 30.4 Å². The van der Waals surface area contributed by atoms with Crippen molar-refractivity contribution in [2.24, 2.45) is 5.10 Å². The monoisotopic (exact) mass is 342 g/mol. The van der Waals surface area contributed by atoms with E-state index in [1.54, 1.807) is 12.1 Å². The fraction of sp³-hybridized carbons (Fsp3) is 0.529. The summed E-state index contributed by atoms with van der Waals surface area (Å²) in [6.07, 6.45) is 0.503. The zero-order chi connectivity index (χ0) is 17.6. The maximum Gasteiger partial charge on any atom is 0.416 e. The average Bonchev–Trinajstić information content (AvgIpc) is 2.58. The second kappa shape index (κ2) is 8.28. The molecule has 1 N–H and O–H groups in total. The van der Waals surface area contributed by atoms with Crippen molar-refractivity contribution in [3.8, 4) is 0 Å². The largest absolute Gasteiger partial charge is 0.416 e. The van der Waals surface area contributed by atoms with E-state index in [1.807, 2.05) is 0 Å². The molecule has 0 heterocycles. The average molecular weight is 342 g/mol. The lowest BCUT2D eigenvalue weighted by molar-refractivity contribution is -0.138. The fourth-order valence-electron chi connectivity index (χ4n) is 3.17. The van der Waals surface area contributed by atoms with Gasteiger partial charge in [-0.25, -0.2) is 5.43 Å².